The summed E-state index contributed by atoms with van der Waals surface area (Å²) in [4.78, 5) is 60.3. The summed E-state index contributed by atoms with van der Waals surface area (Å²) < 4.78 is 26.0. The summed E-state index contributed by atoms with van der Waals surface area (Å²) in [6.07, 6.45) is 0.305. The monoisotopic (exact) mass is 748 g/mol. The van der Waals surface area contributed by atoms with Crippen molar-refractivity contribution in [2.24, 2.45) is 0 Å². The third kappa shape index (κ3) is 11.9. The second kappa shape index (κ2) is 19.4. The summed E-state index contributed by atoms with van der Waals surface area (Å²) >= 11 is 0. The SMILES string of the molecule is C=CC(=O)Oc1c(C#Cc2ccc(-c3ccc(OC(=O)OC(=O)C(=C)C)cc3)cc2)ccc(C#Cc2ccc(CCOC(=O)C(=C)C)cc2)c1OC(=O)C(=C)C. The molecule has 4 rings (SSSR count). The van der Waals surface area contributed by atoms with Crippen LogP contribution in [0, 0.1) is 23.7 Å². The van der Waals surface area contributed by atoms with Gasteiger partial charge in [0.05, 0.1) is 17.7 Å². The van der Waals surface area contributed by atoms with Gasteiger partial charge in [0.1, 0.15) is 5.75 Å². The standard InChI is InChI=1S/C46H36O10/c1-8-40(47)54-41-37(19-16-33-13-17-35(18-14-33)36-23-25-39(26-24-36)53-46(51)56-45(50)31(6)7)21-22-38(42(41)55-44(49)30(4)5)20-15-32-9-11-34(12-10-32)27-28-52-43(48)29(2)3/h8-14,17-18,21-26H,1-2,4,6,27-28H2,3,5,7H3. The maximum Gasteiger partial charge on any atom is 0.521 e. The zero-order chi connectivity index (χ0) is 40.8. The first-order valence-electron chi connectivity index (χ1n) is 16.9. The highest BCUT2D eigenvalue weighted by Gasteiger charge is 2.21. The van der Waals surface area contributed by atoms with Crippen LogP contribution in [0.3, 0.4) is 0 Å². The van der Waals surface area contributed by atoms with Gasteiger partial charge in [-0.1, -0.05) is 86.4 Å². The van der Waals surface area contributed by atoms with Crippen LogP contribution in [-0.4, -0.2) is 36.6 Å². The third-order valence-electron chi connectivity index (χ3n) is 7.43. The Kier molecular flexibility index (Phi) is 14.2. The van der Waals surface area contributed by atoms with Crippen LogP contribution in [0.25, 0.3) is 11.1 Å². The number of esters is 4. The lowest BCUT2D eigenvalue weighted by Gasteiger charge is -2.13. The van der Waals surface area contributed by atoms with Crippen molar-refractivity contribution in [3.05, 3.63) is 162 Å². The maximum absolute atomic E-state index is 12.8. The van der Waals surface area contributed by atoms with E-state index in [9.17, 15) is 24.0 Å². The number of carbonyl (C=O) groups is 5. The van der Waals surface area contributed by atoms with Crippen LogP contribution in [0.2, 0.25) is 0 Å². The zero-order valence-corrected chi connectivity index (χ0v) is 31.0. The minimum absolute atomic E-state index is 0.0634. The molecule has 0 saturated carbocycles. The lowest BCUT2D eigenvalue weighted by atomic mass is 10.0. The van der Waals surface area contributed by atoms with Crippen LogP contribution in [0.1, 0.15) is 48.6 Å². The fourth-order valence-corrected chi connectivity index (χ4v) is 4.44. The van der Waals surface area contributed by atoms with Crippen molar-refractivity contribution < 1.29 is 47.7 Å². The molecule has 4 aromatic carbocycles. The van der Waals surface area contributed by atoms with Gasteiger partial charge < -0.3 is 23.7 Å². The summed E-state index contributed by atoms with van der Waals surface area (Å²) in [5, 5.41) is 0. The predicted octanol–water partition coefficient (Wildman–Crippen LogP) is 8.01. The van der Waals surface area contributed by atoms with Gasteiger partial charge in [0.2, 0.25) is 0 Å². The summed E-state index contributed by atoms with van der Waals surface area (Å²) in [5.74, 6) is 9.08. The van der Waals surface area contributed by atoms with Crippen LogP contribution in [0.5, 0.6) is 17.2 Å². The van der Waals surface area contributed by atoms with Gasteiger partial charge in [-0.25, -0.2) is 24.0 Å². The molecule has 0 unspecified atom stereocenters. The molecule has 280 valence electrons. The van der Waals surface area contributed by atoms with Crippen LogP contribution in [0.4, 0.5) is 4.79 Å². The van der Waals surface area contributed by atoms with Gasteiger partial charge in [-0.2, -0.15) is 0 Å². The summed E-state index contributed by atoms with van der Waals surface area (Å²) in [7, 11) is 0. The molecular weight excluding hydrogens is 712 g/mol. The summed E-state index contributed by atoms with van der Waals surface area (Å²) in [5.41, 5.74) is 4.79. The molecule has 0 aliphatic carbocycles. The van der Waals surface area contributed by atoms with E-state index in [1.807, 2.05) is 24.3 Å². The fourth-order valence-electron chi connectivity index (χ4n) is 4.44. The molecule has 4 aromatic rings. The minimum Gasteiger partial charge on any atom is -0.462 e. The van der Waals surface area contributed by atoms with Crippen LogP contribution >= 0.6 is 0 Å². The topological polar surface area (TPSA) is 132 Å². The molecule has 0 spiro atoms. The van der Waals surface area contributed by atoms with E-state index in [1.54, 1.807) is 67.6 Å². The molecule has 0 bridgehead atoms. The quantitative estimate of drug-likeness (QED) is 0.0371. The number of rotatable bonds is 11. The van der Waals surface area contributed by atoms with Gasteiger partial charge in [0, 0.05) is 40.3 Å². The maximum atomic E-state index is 12.8. The van der Waals surface area contributed by atoms with Crippen molar-refractivity contribution in [2.75, 3.05) is 6.61 Å². The Hall–Kier alpha value is -7.69. The van der Waals surface area contributed by atoms with Gasteiger partial charge in [-0.15, -0.1) is 0 Å². The van der Waals surface area contributed by atoms with Crippen LogP contribution in [-0.2, 0) is 35.1 Å². The molecule has 0 saturated heterocycles. The molecule has 0 amide bonds. The van der Waals surface area contributed by atoms with Crippen molar-refractivity contribution >= 4 is 30.0 Å². The van der Waals surface area contributed by atoms with Gasteiger partial charge >= 0.3 is 30.0 Å². The Morgan fingerprint density at radius 1 is 0.571 bits per heavy atom. The van der Waals surface area contributed by atoms with Crippen molar-refractivity contribution in [1.29, 1.82) is 0 Å². The first kappa shape index (κ1) is 41.1. The number of carbonyl (C=O) groups excluding carboxylic acids is 5. The molecule has 0 radical (unpaired) electrons. The van der Waals surface area contributed by atoms with Gasteiger partial charge in [0.25, 0.3) is 0 Å². The second-order valence-electron chi connectivity index (χ2n) is 12.1. The number of ether oxygens (including phenoxy) is 5. The zero-order valence-electron chi connectivity index (χ0n) is 31.0. The second-order valence-corrected chi connectivity index (χ2v) is 12.1. The highest BCUT2D eigenvalue weighted by molar-refractivity contribution is 5.94. The molecule has 0 N–H and O–H groups in total. The molecule has 0 aromatic heterocycles. The van der Waals surface area contributed by atoms with Crippen LogP contribution < -0.4 is 14.2 Å². The largest absolute Gasteiger partial charge is 0.521 e. The normalized spacial score (nSPS) is 9.84. The highest BCUT2D eigenvalue weighted by Crippen LogP contribution is 2.36. The van der Waals surface area contributed by atoms with E-state index >= 15 is 0 Å². The third-order valence-corrected chi connectivity index (χ3v) is 7.43. The van der Waals surface area contributed by atoms with Gasteiger partial charge in [-0.05, 0) is 86.0 Å². The van der Waals surface area contributed by atoms with Crippen molar-refractivity contribution in [1.82, 2.24) is 0 Å². The average molecular weight is 749 g/mol. The minimum atomic E-state index is -1.17. The molecule has 56 heavy (non-hydrogen) atoms. The number of benzene rings is 4. The van der Waals surface area contributed by atoms with E-state index in [1.165, 1.54) is 13.8 Å². The van der Waals surface area contributed by atoms with E-state index in [0.717, 1.165) is 22.8 Å². The Morgan fingerprint density at radius 3 is 1.55 bits per heavy atom. The molecule has 10 nitrogen and oxygen atoms in total. The first-order chi connectivity index (χ1) is 26.7. The molecule has 10 heteroatoms. The fraction of sp³-hybridized carbons (Fsp3) is 0.109. The Morgan fingerprint density at radius 2 is 1.05 bits per heavy atom. The molecule has 0 aliphatic rings. The van der Waals surface area contributed by atoms with E-state index in [0.29, 0.717) is 23.1 Å². The first-order valence-corrected chi connectivity index (χ1v) is 16.9. The Bertz CT molecular complexity index is 2360. The van der Waals surface area contributed by atoms with Crippen LogP contribution in [0.15, 0.2) is 134 Å². The van der Waals surface area contributed by atoms with E-state index in [4.69, 9.17) is 18.9 Å². The van der Waals surface area contributed by atoms with Crippen molar-refractivity contribution in [3.63, 3.8) is 0 Å². The average Bonchev–Trinajstić information content (AvgIpc) is 3.18. The van der Waals surface area contributed by atoms with E-state index in [2.05, 4.69) is 54.7 Å². The molecular formula is C46H36O10. The number of hydrogen-bond donors (Lipinski definition) is 0. The smallest absolute Gasteiger partial charge is 0.462 e. The summed E-state index contributed by atoms with van der Waals surface area (Å²) in [6, 6.07) is 24.3. The highest BCUT2D eigenvalue weighted by atomic mass is 16.7. The molecule has 0 atom stereocenters. The summed E-state index contributed by atoms with van der Waals surface area (Å²) in [6.45, 7) is 18.8. The Labute approximate surface area is 324 Å². The molecule has 0 fully saturated rings. The molecule has 0 heterocycles. The van der Waals surface area contributed by atoms with Crippen molar-refractivity contribution in [3.8, 4) is 52.1 Å². The van der Waals surface area contributed by atoms with Gasteiger partial charge in [-0.3, -0.25) is 0 Å². The lowest BCUT2D eigenvalue weighted by Crippen LogP contribution is -2.16. The lowest BCUT2D eigenvalue weighted by molar-refractivity contribution is -0.139. The predicted molar refractivity (Wildman–Crippen MR) is 209 cm³/mol. The Balaban J connectivity index is 1.59. The number of hydrogen-bond acceptors (Lipinski definition) is 10. The van der Waals surface area contributed by atoms with E-state index < -0.39 is 30.0 Å². The molecule has 0 aliphatic heterocycles. The van der Waals surface area contributed by atoms with E-state index in [-0.39, 0.29) is 46.1 Å². The van der Waals surface area contributed by atoms with Crippen molar-refractivity contribution in [2.45, 2.75) is 27.2 Å². The van der Waals surface area contributed by atoms with Gasteiger partial charge in [0.15, 0.2) is 11.5 Å².